The highest BCUT2D eigenvalue weighted by atomic mass is 127. The molecule has 0 N–H and O–H groups in total. The fraction of sp³-hybridized carbons (Fsp3) is 0.278. The number of benzene rings is 2. The third-order valence-electron chi connectivity index (χ3n) is 3.35. The van der Waals surface area contributed by atoms with Crippen molar-refractivity contribution in [3.63, 3.8) is 0 Å². The molecule has 3 nitrogen and oxygen atoms in total. The molecule has 23 heavy (non-hydrogen) atoms. The number of rotatable bonds is 6. The molecule has 0 aliphatic rings. The van der Waals surface area contributed by atoms with Gasteiger partial charge in [0, 0.05) is 9.78 Å². The molecule has 0 amide bonds. The summed E-state index contributed by atoms with van der Waals surface area (Å²) < 4.78 is 12.4. The molecule has 0 aliphatic heterocycles. The Hall–Kier alpha value is -1.27. The van der Waals surface area contributed by atoms with Gasteiger partial charge in [-0.25, -0.2) is 0 Å². The van der Waals surface area contributed by atoms with Gasteiger partial charge >= 0.3 is 0 Å². The minimum absolute atomic E-state index is 0.0758. The molecule has 2 aromatic rings. The van der Waals surface area contributed by atoms with Gasteiger partial charge in [-0.1, -0.05) is 30.7 Å². The van der Waals surface area contributed by atoms with E-state index >= 15 is 0 Å². The fourth-order valence-corrected chi connectivity index (χ4v) is 2.70. The molecule has 2 rings (SSSR count). The van der Waals surface area contributed by atoms with Crippen molar-refractivity contribution in [1.29, 1.82) is 0 Å². The van der Waals surface area contributed by atoms with Crippen LogP contribution < -0.4 is 9.47 Å². The van der Waals surface area contributed by atoms with Crippen molar-refractivity contribution < 1.29 is 9.47 Å². The Morgan fingerprint density at radius 2 is 2.04 bits per heavy atom. The minimum atomic E-state index is 0.0758. The third-order valence-corrected chi connectivity index (χ3v) is 4.54. The number of para-hydroxylation sites is 1. The smallest absolute Gasteiger partial charge is 0.180 e. The van der Waals surface area contributed by atoms with Crippen molar-refractivity contribution in [3.8, 4) is 11.5 Å². The van der Waals surface area contributed by atoms with E-state index in [0.29, 0.717) is 16.5 Å². The van der Waals surface area contributed by atoms with E-state index in [2.05, 4.69) is 34.5 Å². The highest BCUT2D eigenvalue weighted by molar-refractivity contribution is 14.1. The zero-order chi connectivity index (χ0) is 16.8. The van der Waals surface area contributed by atoms with Crippen LogP contribution in [-0.2, 0) is 0 Å². The van der Waals surface area contributed by atoms with Gasteiger partial charge in [0.1, 0.15) is 0 Å². The lowest BCUT2D eigenvalue weighted by molar-refractivity contribution is 0.208. The normalized spacial score (nSPS) is 12.4. The van der Waals surface area contributed by atoms with Crippen LogP contribution in [0.2, 0.25) is 5.02 Å². The van der Waals surface area contributed by atoms with Gasteiger partial charge in [0.05, 0.1) is 23.9 Å². The van der Waals surface area contributed by atoms with Gasteiger partial charge in [-0.15, -0.1) is 0 Å². The number of aliphatic imine (C=N–C) groups is 1. The number of methoxy groups -OCH3 is 1. The second kappa shape index (κ2) is 8.55. The summed E-state index contributed by atoms with van der Waals surface area (Å²) in [5, 5.41) is 0.522. The number of nitrogens with zero attached hydrogens (tertiary/aromatic N) is 1. The molecule has 0 unspecified atom stereocenters. The average molecular weight is 444 g/mol. The Kier molecular flexibility index (Phi) is 6.72. The quantitative estimate of drug-likeness (QED) is 0.412. The van der Waals surface area contributed by atoms with E-state index in [1.165, 1.54) is 0 Å². The van der Waals surface area contributed by atoms with E-state index < -0.39 is 0 Å². The number of hydrogen-bond acceptors (Lipinski definition) is 3. The minimum Gasteiger partial charge on any atom is -0.493 e. The lowest BCUT2D eigenvalue weighted by Gasteiger charge is -2.17. The molecule has 0 saturated carbocycles. The van der Waals surface area contributed by atoms with Crippen molar-refractivity contribution >= 4 is 46.1 Å². The van der Waals surface area contributed by atoms with E-state index in [0.717, 1.165) is 21.2 Å². The lowest BCUT2D eigenvalue weighted by atomic mass is 10.2. The highest BCUT2D eigenvalue weighted by Gasteiger charge is 2.14. The van der Waals surface area contributed by atoms with Crippen LogP contribution in [0.25, 0.3) is 0 Å². The van der Waals surface area contributed by atoms with E-state index in [9.17, 15) is 0 Å². The van der Waals surface area contributed by atoms with Crippen LogP contribution in [0.5, 0.6) is 11.5 Å². The van der Waals surface area contributed by atoms with Crippen LogP contribution >= 0.6 is 34.2 Å². The summed E-state index contributed by atoms with van der Waals surface area (Å²) in [6.07, 6.45) is 2.75. The van der Waals surface area contributed by atoms with E-state index in [-0.39, 0.29) is 6.10 Å². The van der Waals surface area contributed by atoms with E-state index in [4.69, 9.17) is 21.1 Å². The first-order chi connectivity index (χ1) is 11.0. The average Bonchev–Trinajstić information content (AvgIpc) is 2.55. The maximum atomic E-state index is 6.36. The molecule has 0 heterocycles. The highest BCUT2D eigenvalue weighted by Crippen LogP contribution is 2.37. The largest absolute Gasteiger partial charge is 0.493 e. The van der Waals surface area contributed by atoms with Gasteiger partial charge in [0.25, 0.3) is 0 Å². The van der Waals surface area contributed by atoms with E-state index in [1.807, 2.05) is 43.3 Å². The van der Waals surface area contributed by atoms with Crippen LogP contribution in [-0.4, -0.2) is 19.4 Å². The number of hydrogen-bond donors (Lipinski definition) is 0. The van der Waals surface area contributed by atoms with Crippen molar-refractivity contribution in [2.45, 2.75) is 26.4 Å². The van der Waals surface area contributed by atoms with E-state index in [1.54, 1.807) is 13.3 Å². The zero-order valence-electron chi connectivity index (χ0n) is 13.3. The van der Waals surface area contributed by atoms with Crippen molar-refractivity contribution in [3.05, 3.63) is 50.6 Å². The second-order valence-corrected chi connectivity index (χ2v) is 6.65. The first kappa shape index (κ1) is 18.1. The van der Waals surface area contributed by atoms with Crippen LogP contribution in [0.15, 0.2) is 41.4 Å². The summed E-state index contributed by atoms with van der Waals surface area (Å²) in [6.45, 7) is 4.07. The lowest BCUT2D eigenvalue weighted by Crippen LogP contribution is -2.11. The van der Waals surface area contributed by atoms with Crippen molar-refractivity contribution in [2.75, 3.05) is 7.11 Å². The molecule has 0 spiro atoms. The maximum absolute atomic E-state index is 6.36. The summed E-state index contributed by atoms with van der Waals surface area (Å²) in [5.74, 6) is 1.19. The first-order valence-electron chi connectivity index (χ1n) is 7.38. The molecule has 2 aromatic carbocycles. The Balaban J connectivity index is 2.31. The molecule has 0 aromatic heterocycles. The fourth-order valence-electron chi connectivity index (χ4n) is 1.91. The summed E-state index contributed by atoms with van der Waals surface area (Å²) in [4.78, 5) is 4.51. The van der Waals surface area contributed by atoms with Gasteiger partial charge in [0.2, 0.25) is 0 Å². The summed E-state index contributed by atoms with van der Waals surface area (Å²) in [7, 11) is 1.61. The van der Waals surface area contributed by atoms with Crippen LogP contribution in [0.3, 0.4) is 0 Å². The Bertz CT molecular complexity index is 703. The summed E-state index contributed by atoms with van der Waals surface area (Å²) >= 11 is 8.62. The molecule has 0 fully saturated rings. The standard InChI is InChI=1S/C18H19ClINO2/c1-4-12(2)23-18-14(19)9-13(10-17(18)22-3)11-21-16-8-6-5-7-15(16)20/h5-12H,4H2,1-3H3/t12-/m0/s1. The predicted molar refractivity (Wildman–Crippen MR) is 105 cm³/mol. The maximum Gasteiger partial charge on any atom is 0.180 e. The third kappa shape index (κ3) is 4.85. The topological polar surface area (TPSA) is 30.8 Å². The molecular formula is C18H19ClINO2. The number of ether oxygens (including phenoxy) is 2. The second-order valence-electron chi connectivity index (χ2n) is 5.08. The van der Waals surface area contributed by atoms with Crippen molar-refractivity contribution in [1.82, 2.24) is 0 Å². The monoisotopic (exact) mass is 443 g/mol. The van der Waals surface area contributed by atoms with Gasteiger partial charge in [-0.2, -0.15) is 0 Å². The molecule has 5 heteroatoms. The molecule has 0 radical (unpaired) electrons. The van der Waals surface area contributed by atoms with Crippen molar-refractivity contribution in [2.24, 2.45) is 4.99 Å². The zero-order valence-corrected chi connectivity index (χ0v) is 16.3. The van der Waals surface area contributed by atoms with Crippen LogP contribution in [0, 0.1) is 3.57 Å². The van der Waals surface area contributed by atoms with Crippen LogP contribution in [0.4, 0.5) is 5.69 Å². The molecule has 0 saturated heterocycles. The first-order valence-corrected chi connectivity index (χ1v) is 8.83. The summed E-state index contributed by atoms with van der Waals surface area (Å²) in [5.41, 5.74) is 1.78. The summed E-state index contributed by atoms with van der Waals surface area (Å²) in [6, 6.07) is 11.7. The predicted octanol–water partition coefficient (Wildman–Crippen LogP) is 5.88. The van der Waals surface area contributed by atoms with Gasteiger partial charge in [0.15, 0.2) is 11.5 Å². The molecular weight excluding hydrogens is 425 g/mol. The molecule has 0 bridgehead atoms. The van der Waals surface area contributed by atoms with Crippen LogP contribution in [0.1, 0.15) is 25.8 Å². The molecule has 1 atom stereocenters. The number of halogens is 2. The Morgan fingerprint density at radius 3 is 2.70 bits per heavy atom. The van der Waals surface area contributed by atoms with Gasteiger partial charge in [-0.05, 0) is 65.8 Å². The van der Waals surface area contributed by atoms with Gasteiger partial charge < -0.3 is 9.47 Å². The molecule has 122 valence electrons. The Labute approximate surface area is 155 Å². The SMILES string of the molecule is CC[C@H](C)Oc1c(Cl)cc(C=Nc2ccccc2I)cc1OC. The Morgan fingerprint density at radius 1 is 1.30 bits per heavy atom. The molecule has 0 aliphatic carbocycles. The van der Waals surface area contributed by atoms with Gasteiger partial charge in [-0.3, -0.25) is 4.99 Å².